The first kappa shape index (κ1) is 28.1. The zero-order chi connectivity index (χ0) is 28.1. The van der Waals surface area contributed by atoms with Crippen LogP contribution in [-0.2, 0) is 27.1 Å². The van der Waals surface area contributed by atoms with Gasteiger partial charge in [0.25, 0.3) is 0 Å². The largest absolute Gasteiger partial charge is 0.383 e. The van der Waals surface area contributed by atoms with Gasteiger partial charge in [0, 0.05) is 37.0 Å². The molecule has 6 N–H and O–H groups in total. The van der Waals surface area contributed by atoms with Gasteiger partial charge in [-0.2, -0.15) is 0 Å². The van der Waals surface area contributed by atoms with Crippen molar-refractivity contribution >= 4 is 17.4 Å². The van der Waals surface area contributed by atoms with Gasteiger partial charge in [-0.15, -0.1) is 0 Å². The lowest BCUT2D eigenvalue weighted by molar-refractivity contribution is -0.116. The van der Waals surface area contributed by atoms with Crippen LogP contribution in [0.2, 0.25) is 0 Å². The van der Waals surface area contributed by atoms with Crippen LogP contribution in [0.15, 0.2) is 54.7 Å². The van der Waals surface area contributed by atoms with Gasteiger partial charge in [0.15, 0.2) is 0 Å². The monoisotopic (exact) mass is 551 g/mol. The third-order valence-corrected chi connectivity index (χ3v) is 7.70. The Hall–Kier alpha value is -3.44. The summed E-state index contributed by atoms with van der Waals surface area (Å²) in [6.45, 7) is 1.75. The Kier molecular flexibility index (Phi) is 8.70. The molecule has 2 atom stereocenters. The van der Waals surface area contributed by atoms with E-state index in [1.807, 2.05) is 24.3 Å². The highest BCUT2D eigenvalue weighted by Crippen LogP contribution is 2.37. The number of rotatable bonds is 9. The fourth-order valence-corrected chi connectivity index (χ4v) is 5.53. The van der Waals surface area contributed by atoms with E-state index in [0.717, 1.165) is 30.2 Å². The Morgan fingerprint density at radius 1 is 1.05 bits per heavy atom. The van der Waals surface area contributed by atoms with Crippen molar-refractivity contribution in [3.63, 3.8) is 0 Å². The number of nitrogens with zero attached hydrogens (tertiary/aromatic N) is 1. The summed E-state index contributed by atoms with van der Waals surface area (Å²) in [5, 5.41) is 6.40. The average molecular weight is 552 g/mol. The van der Waals surface area contributed by atoms with Crippen LogP contribution in [0.4, 0.5) is 20.3 Å². The number of amides is 1. The summed E-state index contributed by atoms with van der Waals surface area (Å²) in [7, 11) is 0. The van der Waals surface area contributed by atoms with Crippen molar-refractivity contribution in [3.8, 4) is 0 Å². The highest BCUT2D eigenvalue weighted by atomic mass is 19.1. The fraction of sp³-hybridized carbons (Fsp3) is 0.400. The molecule has 1 aromatic heterocycles. The van der Waals surface area contributed by atoms with Gasteiger partial charge in [-0.1, -0.05) is 12.1 Å². The molecule has 1 aliphatic carbocycles. The zero-order valence-electron chi connectivity index (χ0n) is 22.3. The van der Waals surface area contributed by atoms with Crippen LogP contribution in [-0.4, -0.2) is 49.4 Å². The topological polar surface area (TPSA) is 125 Å². The number of carbonyl (C=O) groups is 1. The number of halogens is 2. The van der Waals surface area contributed by atoms with E-state index in [-0.39, 0.29) is 24.8 Å². The molecule has 10 heteroatoms. The zero-order valence-corrected chi connectivity index (χ0v) is 22.3. The normalized spacial score (nSPS) is 19.0. The predicted octanol–water partition coefficient (Wildman–Crippen LogP) is 3.62. The second kappa shape index (κ2) is 12.4. The molecule has 212 valence electrons. The lowest BCUT2D eigenvalue weighted by Crippen LogP contribution is -2.54. The number of hydrogen-bond acceptors (Lipinski definition) is 7. The molecule has 1 aliphatic heterocycles. The second-order valence-corrected chi connectivity index (χ2v) is 10.7. The number of nitrogens with two attached hydrogens (primary N) is 2. The summed E-state index contributed by atoms with van der Waals surface area (Å²) in [5.74, 6) is -0.659. The highest BCUT2D eigenvalue weighted by Gasteiger charge is 2.33. The molecule has 0 spiro atoms. The fourth-order valence-electron chi connectivity index (χ4n) is 5.53. The van der Waals surface area contributed by atoms with Crippen LogP contribution < -0.4 is 22.1 Å². The van der Waals surface area contributed by atoms with Gasteiger partial charge in [0.1, 0.15) is 17.5 Å². The van der Waals surface area contributed by atoms with Crippen molar-refractivity contribution in [2.24, 2.45) is 5.73 Å². The van der Waals surface area contributed by atoms with Crippen LogP contribution >= 0.6 is 0 Å². The minimum Gasteiger partial charge on any atom is -0.383 e. The molecular formula is C30H35F2N5O3. The van der Waals surface area contributed by atoms with Crippen molar-refractivity contribution < 1.29 is 23.0 Å². The second-order valence-electron chi connectivity index (χ2n) is 10.7. The molecule has 2 aromatic carbocycles. The van der Waals surface area contributed by atoms with Crippen molar-refractivity contribution in [1.29, 1.82) is 0 Å². The van der Waals surface area contributed by atoms with E-state index in [9.17, 15) is 13.6 Å². The highest BCUT2D eigenvalue weighted by molar-refractivity contribution is 5.91. The molecule has 0 bridgehead atoms. The third-order valence-electron chi connectivity index (χ3n) is 7.70. The summed E-state index contributed by atoms with van der Waals surface area (Å²) in [4.78, 5) is 17.2. The lowest BCUT2D eigenvalue weighted by atomic mass is 9.93. The number of hydrogen-bond donors (Lipinski definition) is 4. The predicted molar refractivity (Wildman–Crippen MR) is 149 cm³/mol. The number of ether oxygens (including phenoxy) is 2. The molecule has 3 aromatic rings. The minimum absolute atomic E-state index is 0.132. The van der Waals surface area contributed by atoms with Crippen molar-refractivity contribution in [1.82, 2.24) is 10.3 Å². The number of fused-ring (bicyclic) bond motifs is 1. The molecular weight excluding hydrogens is 516 g/mol. The summed E-state index contributed by atoms with van der Waals surface area (Å²) in [5.41, 5.74) is 16.2. The molecule has 40 heavy (non-hydrogen) atoms. The van der Waals surface area contributed by atoms with Gasteiger partial charge in [0.2, 0.25) is 5.91 Å². The number of nitrogens with one attached hydrogen (secondary N) is 2. The van der Waals surface area contributed by atoms with E-state index in [1.54, 1.807) is 6.20 Å². The van der Waals surface area contributed by atoms with E-state index in [1.165, 1.54) is 23.3 Å². The summed E-state index contributed by atoms with van der Waals surface area (Å²) in [6.07, 6.45) is 4.07. The maximum atomic E-state index is 13.7. The van der Waals surface area contributed by atoms with Crippen molar-refractivity contribution in [3.05, 3.63) is 88.6 Å². The summed E-state index contributed by atoms with van der Waals surface area (Å²) >= 11 is 0. The first-order chi connectivity index (χ1) is 19.3. The van der Waals surface area contributed by atoms with E-state index < -0.39 is 23.2 Å². The summed E-state index contributed by atoms with van der Waals surface area (Å²) in [6, 6.07) is 12.5. The van der Waals surface area contributed by atoms with E-state index in [2.05, 4.69) is 21.7 Å². The third kappa shape index (κ3) is 6.82. The van der Waals surface area contributed by atoms with Crippen LogP contribution in [0.1, 0.15) is 47.1 Å². The van der Waals surface area contributed by atoms with E-state index in [4.69, 9.17) is 20.9 Å². The van der Waals surface area contributed by atoms with Gasteiger partial charge < -0.3 is 31.6 Å². The molecule has 1 amide bonds. The lowest BCUT2D eigenvalue weighted by Gasteiger charge is -2.34. The van der Waals surface area contributed by atoms with Crippen molar-refractivity contribution in [2.75, 3.05) is 44.0 Å². The molecule has 8 nitrogen and oxygen atoms in total. The molecule has 5 rings (SSSR count). The molecule has 1 unspecified atom stereocenters. The summed E-state index contributed by atoms with van der Waals surface area (Å²) < 4.78 is 38.9. The van der Waals surface area contributed by atoms with Crippen LogP contribution in [0, 0.1) is 11.6 Å². The van der Waals surface area contributed by atoms with Gasteiger partial charge in [-0.25, -0.2) is 13.8 Å². The number of anilines is 2. The van der Waals surface area contributed by atoms with Gasteiger partial charge in [0.05, 0.1) is 32.0 Å². The van der Waals surface area contributed by atoms with Crippen LogP contribution in [0.5, 0.6) is 0 Å². The molecule has 1 fully saturated rings. The van der Waals surface area contributed by atoms with Gasteiger partial charge in [-0.3, -0.25) is 4.79 Å². The average Bonchev–Trinajstić information content (AvgIpc) is 3.20. The quantitative estimate of drug-likeness (QED) is 0.320. The maximum Gasteiger partial charge on any atom is 0.224 e. The number of pyridine rings is 1. The standard InChI is InChI=1S/C30H35F2N5O3/c31-23-12-22(13-24(32)15-23)27(33)16-36-30(17-39-8-9-40-18-30)6-5-28(38)37-25-4-3-19-10-21(11-20(19)14-25)26-2-1-7-35-29(26)34/h1-4,7,12-15,21,27,36H,5-6,8-11,16-18,33H2,(H2,34,35)(H,37,38)/t21?,27-/m0/s1. The van der Waals surface area contributed by atoms with Crippen LogP contribution in [0.25, 0.3) is 0 Å². The molecule has 2 heterocycles. The molecule has 0 radical (unpaired) electrons. The number of aromatic nitrogens is 1. The number of nitrogen functional groups attached to an aromatic ring is 1. The Bertz CT molecular complexity index is 1330. The van der Waals surface area contributed by atoms with Gasteiger partial charge in [-0.05, 0) is 77.8 Å². The van der Waals surface area contributed by atoms with E-state index in [0.29, 0.717) is 44.2 Å². The minimum atomic E-state index is -0.679. The Morgan fingerprint density at radius 3 is 2.50 bits per heavy atom. The Balaban J connectivity index is 1.19. The molecule has 2 aliphatic rings. The number of benzene rings is 2. The first-order valence-corrected chi connectivity index (χ1v) is 13.5. The van der Waals surface area contributed by atoms with Gasteiger partial charge >= 0.3 is 0 Å². The van der Waals surface area contributed by atoms with Crippen molar-refractivity contribution in [2.45, 2.75) is 43.2 Å². The Labute approximate surface area is 232 Å². The first-order valence-electron chi connectivity index (χ1n) is 13.5. The number of carbonyl (C=O) groups excluding carboxylic acids is 1. The maximum absolute atomic E-state index is 13.7. The molecule has 1 saturated heterocycles. The van der Waals surface area contributed by atoms with Crippen LogP contribution in [0.3, 0.4) is 0 Å². The van der Waals surface area contributed by atoms with E-state index >= 15 is 0 Å². The SMILES string of the molecule is Nc1ncccc1C1Cc2ccc(NC(=O)CCC3(NC[C@H](N)c4cc(F)cc(F)c4)COCCOC3)cc2C1. The molecule has 0 saturated carbocycles. The Morgan fingerprint density at radius 2 is 1.77 bits per heavy atom. The smallest absolute Gasteiger partial charge is 0.224 e.